The van der Waals surface area contributed by atoms with Crippen molar-refractivity contribution in [3.8, 4) is 0 Å². The molecule has 0 aliphatic carbocycles. The minimum Gasteiger partial charge on any atom is -0.394 e. The predicted octanol–water partition coefficient (Wildman–Crippen LogP) is 1.24. The molecular formula is C14H17N3O2. The molecule has 5 nitrogen and oxygen atoms in total. The zero-order valence-electron chi connectivity index (χ0n) is 10.9. The van der Waals surface area contributed by atoms with Gasteiger partial charge in [0.1, 0.15) is 11.3 Å². The van der Waals surface area contributed by atoms with Gasteiger partial charge in [-0.05, 0) is 31.9 Å². The maximum atomic E-state index is 12.4. The first-order chi connectivity index (χ1) is 9.20. The van der Waals surface area contributed by atoms with Gasteiger partial charge >= 0.3 is 0 Å². The van der Waals surface area contributed by atoms with Gasteiger partial charge in [0.25, 0.3) is 5.91 Å². The van der Waals surface area contributed by atoms with Crippen LogP contribution in [-0.2, 0) is 0 Å². The van der Waals surface area contributed by atoms with E-state index < -0.39 is 0 Å². The number of nitrogens with zero attached hydrogens (tertiary/aromatic N) is 3. The van der Waals surface area contributed by atoms with Gasteiger partial charge in [-0.1, -0.05) is 6.07 Å². The van der Waals surface area contributed by atoms with E-state index in [0.29, 0.717) is 12.2 Å². The molecule has 1 N–H and O–H groups in total. The van der Waals surface area contributed by atoms with Crippen LogP contribution in [0.5, 0.6) is 0 Å². The average molecular weight is 259 g/mol. The van der Waals surface area contributed by atoms with Crippen molar-refractivity contribution < 1.29 is 9.90 Å². The van der Waals surface area contributed by atoms with Crippen LogP contribution in [0.3, 0.4) is 0 Å². The first-order valence-electron chi connectivity index (χ1n) is 6.57. The quantitative estimate of drug-likeness (QED) is 0.882. The highest BCUT2D eigenvalue weighted by atomic mass is 16.3. The third kappa shape index (κ3) is 2.00. The molecule has 1 unspecified atom stereocenters. The highest BCUT2D eigenvalue weighted by molar-refractivity contribution is 5.93. The average Bonchev–Trinajstić information content (AvgIpc) is 3.04. The highest BCUT2D eigenvalue weighted by Crippen LogP contribution is 2.20. The van der Waals surface area contributed by atoms with Gasteiger partial charge in [0.15, 0.2) is 0 Å². The molecule has 1 aliphatic rings. The van der Waals surface area contributed by atoms with Crippen LogP contribution >= 0.6 is 0 Å². The van der Waals surface area contributed by atoms with Crippen LogP contribution in [0.15, 0.2) is 24.4 Å². The van der Waals surface area contributed by atoms with Gasteiger partial charge in [0.2, 0.25) is 0 Å². The Labute approximate surface area is 111 Å². The summed E-state index contributed by atoms with van der Waals surface area (Å²) in [6, 6.07) is 5.74. The molecule has 1 aliphatic heterocycles. The Morgan fingerprint density at radius 3 is 3.11 bits per heavy atom. The van der Waals surface area contributed by atoms with Crippen LogP contribution in [0.1, 0.15) is 29.0 Å². The Hall–Kier alpha value is -1.88. The van der Waals surface area contributed by atoms with E-state index in [0.717, 1.165) is 24.2 Å². The summed E-state index contributed by atoms with van der Waals surface area (Å²) in [5.41, 5.74) is 2.28. The van der Waals surface area contributed by atoms with Crippen molar-refractivity contribution in [1.82, 2.24) is 14.3 Å². The number of pyridine rings is 1. The molecule has 3 heterocycles. The van der Waals surface area contributed by atoms with Crippen LogP contribution in [0.2, 0.25) is 0 Å². The lowest BCUT2D eigenvalue weighted by Crippen LogP contribution is -2.37. The van der Waals surface area contributed by atoms with E-state index in [1.54, 1.807) is 11.1 Å². The lowest BCUT2D eigenvalue weighted by Gasteiger charge is -2.21. The molecule has 0 saturated carbocycles. The molecule has 100 valence electrons. The van der Waals surface area contributed by atoms with Crippen molar-refractivity contribution in [2.24, 2.45) is 0 Å². The number of aromatic nitrogens is 2. The summed E-state index contributed by atoms with van der Waals surface area (Å²) in [6.07, 6.45) is 3.59. The molecule has 1 atom stereocenters. The van der Waals surface area contributed by atoms with Crippen molar-refractivity contribution in [2.75, 3.05) is 13.2 Å². The second kappa shape index (κ2) is 4.66. The molecule has 0 spiro atoms. The summed E-state index contributed by atoms with van der Waals surface area (Å²) in [5.74, 6) is -0.0837. The largest absolute Gasteiger partial charge is 0.394 e. The fourth-order valence-corrected chi connectivity index (χ4v) is 2.69. The Morgan fingerprint density at radius 2 is 2.37 bits per heavy atom. The Bertz CT molecular complexity index is 620. The summed E-state index contributed by atoms with van der Waals surface area (Å²) >= 11 is 0. The highest BCUT2D eigenvalue weighted by Gasteiger charge is 2.30. The molecule has 1 fully saturated rings. The third-order valence-corrected chi connectivity index (χ3v) is 3.76. The molecule has 2 aromatic rings. The summed E-state index contributed by atoms with van der Waals surface area (Å²) in [4.78, 5) is 18.5. The summed E-state index contributed by atoms with van der Waals surface area (Å²) in [7, 11) is 0. The molecule has 1 saturated heterocycles. The number of fused-ring (bicyclic) bond motifs is 1. The second-order valence-electron chi connectivity index (χ2n) is 5.00. The maximum absolute atomic E-state index is 12.4. The monoisotopic (exact) mass is 259 g/mol. The SMILES string of the molecule is Cc1cccc2nc(C(=O)N3CCCC3CO)cn12. The smallest absolute Gasteiger partial charge is 0.274 e. The zero-order chi connectivity index (χ0) is 13.4. The normalized spacial score (nSPS) is 19.3. The standard InChI is InChI=1S/C14H17N3O2/c1-10-4-2-6-13-15-12(8-17(10)13)14(19)16-7-3-5-11(16)9-18/h2,4,6,8,11,18H,3,5,7,9H2,1H3. The van der Waals surface area contributed by atoms with E-state index in [-0.39, 0.29) is 18.6 Å². The van der Waals surface area contributed by atoms with E-state index >= 15 is 0 Å². The van der Waals surface area contributed by atoms with Gasteiger partial charge in [0, 0.05) is 18.4 Å². The van der Waals surface area contributed by atoms with E-state index in [2.05, 4.69) is 4.98 Å². The lowest BCUT2D eigenvalue weighted by atomic mass is 10.2. The molecular weight excluding hydrogens is 242 g/mol. The molecule has 19 heavy (non-hydrogen) atoms. The van der Waals surface area contributed by atoms with Crippen molar-refractivity contribution in [2.45, 2.75) is 25.8 Å². The van der Waals surface area contributed by atoms with Gasteiger partial charge in [-0.25, -0.2) is 4.98 Å². The predicted molar refractivity (Wildman–Crippen MR) is 71.1 cm³/mol. The molecule has 2 aromatic heterocycles. The number of rotatable bonds is 2. The number of aliphatic hydroxyl groups is 1. The number of imidazole rings is 1. The fourth-order valence-electron chi connectivity index (χ4n) is 2.69. The lowest BCUT2D eigenvalue weighted by molar-refractivity contribution is 0.0672. The van der Waals surface area contributed by atoms with Crippen LogP contribution in [0, 0.1) is 6.92 Å². The number of likely N-dealkylation sites (tertiary alicyclic amines) is 1. The van der Waals surface area contributed by atoms with Crippen LogP contribution in [-0.4, -0.2) is 44.5 Å². The van der Waals surface area contributed by atoms with Crippen molar-refractivity contribution in [3.05, 3.63) is 35.8 Å². The molecule has 5 heteroatoms. The number of carbonyl (C=O) groups excluding carboxylic acids is 1. The molecule has 0 aromatic carbocycles. The Morgan fingerprint density at radius 1 is 1.53 bits per heavy atom. The second-order valence-corrected chi connectivity index (χ2v) is 5.00. The van der Waals surface area contributed by atoms with Crippen molar-refractivity contribution in [3.63, 3.8) is 0 Å². The summed E-state index contributed by atoms with van der Waals surface area (Å²) in [5, 5.41) is 9.30. The fraction of sp³-hybridized carbons (Fsp3) is 0.429. The van der Waals surface area contributed by atoms with E-state index in [1.807, 2.05) is 29.5 Å². The minimum atomic E-state index is -0.0837. The molecule has 0 bridgehead atoms. The van der Waals surface area contributed by atoms with Gasteiger partial charge in [-0.15, -0.1) is 0 Å². The number of aryl methyl sites for hydroxylation is 1. The van der Waals surface area contributed by atoms with E-state index in [9.17, 15) is 9.90 Å². The van der Waals surface area contributed by atoms with Crippen LogP contribution in [0.25, 0.3) is 5.65 Å². The number of hydrogen-bond donors (Lipinski definition) is 1. The number of hydrogen-bond acceptors (Lipinski definition) is 3. The zero-order valence-corrected chi connectivity index (χ0v) is 10.9. The van der Waals surface area contributed by atoms with Crippen LogP contribution < -0.4 is 0 Å². The number of aliphatic hydroxyl groups excluding tert-OH is 1. The molecule has 0 radical (unpaired) electrons. The first kappa shape index (κ1) is 12.2. The Kier molecular flexibility index (Phi) is 2.98. The van der Waals surface area contributed by atoms with Crippen LogP contribution in [0.4, 0.5) is 0 Å². The summed E-state index contributed by atoms with van der Waals surface area (Å²) < 4.78 is 1.91. The minimum absolute atomic E-state index is 0.0259. The Balaban J connectivity index is 1.95. The third-order valence-electron chi connectivity index (χ3n) is 3.76. The number of carbonyl (C=O) groups is 1. The number of amides is 1. The van der Waals surface area contributed by atoms with Gasteiger partial charge < -0.3 is 14.4 Å². The molecule has 1 amide bonds. The topological polar surface area (TPSA) is 57.8 Å². The van der Waals surface area contributed by atoms with E-state index in [1.165, 1.54) is 0 Å². The van der Waals surface area contributed by atoms with Gasteiger partial charge in [-0.3, -0.25) is 4.79 Å². The van der Waals surface area contributed by atoms with Gasteiger partial charge in [0.05, 0.1) is 12.6 Å². The van der Waals surface area contributed by atoms with Crippen molar-refractivity contribution in [1.29, 1.82) is 0 Å². The van der Waals surface area contributed by atoms with E-state index in [4.69, 9.17) is 0 Å². The first-order valence-corrected chi connectivity index (χ1v) is 6.57. The van der Waals surface area contributed by atoms with Crippen molar-refractivity contribution >= 4 is 11.6 Å². The molecule has 3 rings (SSSR count). The maximum Gasteiger partial charge on any atom is 0.274 e. The summed E-state index contributed by atoms with van der Waals surface area (Å²) in [6.45, 7) is 2.71. The van der Waals surface area contributed by atoms with Gasteiger partial charge in [-0.2, -0.15) is 0 Å².